The second-order valence-electron chi connectivity index (χ2n) is 7.53. The predicted molar refractivity (Wildman–Crippen MR) is 122 cm³/mol. The molecule has 0 radical (unpaired) electrons. The van der Waals surface area contributed by atoms with Crippen molar-refractivity contribution in [3.8, 4) is 5.75 Å². The number of anilines is 1. The maximum absolute atomic E-state index is 12.8. The molecule has 1 unspecified atom stereocenters. The summed E-state index contributed by atoms with van der Waals surface area (Å²) in [5.41, 5.74) is 15.6. The van der Waals surface area contributed by atoms with Gasteiger partial charge in [0.15, 0.2) is 0 Å². The van der Waals surface area contributed by atoms with Gasteiger partial charge in [0.25, 0.3) is 5.91 Å². The zero-order valence-electron chi connectivity index (χ0n) is 17.3. The zero-order chi connectivity index (χ0) is 22.2. The van der Waals surface area contributed by atoms with E-state index >= 15 is 0 Å². The summed E-state index contributed by atoms with van der Waals surface area (Å²) >= 11 is 0. The van der Waals surface area contributed by atoms with E-state index in [1.54, 1.807) is 30.3 Å². The van der Waals surface area contributed by atoms with Gasteiger partial charge in [-0.2, -0.15) is 0 Å². The fourth-order valence-electron chi connectivity index (χ4n) is 3.39. The van der Waals surface area contributed by atoms with Crippen LogP contribution in [0.2, 0.25) is 0 Å². The van der Waals surface area contributed by atoms with Crippen LogP contribution in [0.3, 0.4) is 0 Å². The van der Waals surface area contributed by atoms with Gasteiger partial charge in [0.2, 0.25) is 5.91 Å². The molecule has 0 saturated heterocycles. The molecule has 0 fully saturated rings. The molecule has 31 heavy (non-hydrogen) atoms. The summed E-state index contributed by atoms with van der Waals surface area (Å²) in [4.78, 5) is 24.6. The second kappa shape index (κ2) is 10.3. The molecule has 3 aromatic rings. The maximum Gasteiger partial charge on any atom is 0.251 e. The Morgan fingerprint density at radius 1 is 0.871 bits per heavy atom. The summed E-state index contributed by atoms with van der Waals surface area (Å²) in [5.74, 6) is -0.701. The topological polar surface area (TPSA) is 118 Å². The van der Waals surface area contributed by atoms with Crippen LogP contribution in [0.15, 0.2) is 72.8 Å². The Morgan fingerprint density at radius 2 is 1.55 bits per heavy atom. The molecule has 6 heteroatoms. The van der Waals surface area contributed by atoms with E-state index < -0.39 is 11.9 Å². The summed E-state index contributed by atoms with van der Waals surface area (Å²) < 4.78 is 0. The van der Waals surface area contributed by atoms with Crippen molar-refractivity contribution in [3.63, 3.8) is 0 Å². The van der Waals surface area contributed by atoms with Gasteiger partial charge in [-0.1, -0.05) is 42.5 Å². The van der Waals surface area contributed by atoms with E-state index in [9.17, 15) is 14.7 Å². The largest absolute Gasteiger partial charge is 0.508 e. The van der Waals surface area contributed by atoms with E-state index in [-0.39, 0.29) is 11.7 Å². The molecule has 0 aromatic heterocycles. The molecule has 0 aliphatic rings. The third-order valence-corrected chi connectivity index (χ3v) is 5.24. The lowest BCUT2D eigenvalue weighted by atomic mass is 10.00. The van der Waals surface area contributed by atoms with Crippen LogP contribution in [-0.4, -0.2) is 23.0 Å². The van der Waals surface area contributed by atoms with E-state index in [0.29, 0.717) is 30.5 Å². The molecule has 0 aliphatic carbocycles. The third-order valence-electron chi connectivity index (χ3n) is 5.24. The molecular weight excluding hydrogens is 390 g/mol. The Labute approximate surface area is 181 Å². The van der Waals surface area contributed by atoms with Crippen LogP contribution < -0.4 is 16.8 Å². The smallest absolute Gasteiger partial charge is 0.251 e. The number of amides is 2. The summed E-state index contributed by atoms with van der Waals surface area (Å²) in [5, 5.41) is 12.1. The molecule has 3 aromatic carbocycles. The van der Waals surface area contributed by atoms with Gasteiger partial charge in [0.05, 0.1) is 0 Å². The Bertz CT molecular complexity index is 1030. The number of phenols is 1. The Kier molecular flexibility index (Phi) is 7.27. The molecule has 2 amide bonds. The predicted octanol–water partition coefficient (Wildman–Crippen LogP) is 2.98. The molecule has 0 aliphatic heterocycles. The highest BCUT2D eigenvalue weighted by atomic mass is 16.3. The normalized spacial score (nSPS) is 11.6. The summed E-state index contributed by atoms with van der Waals surface area (Å²) in [6.45, 7) is 0. The van der Waals surface area contributed by atoms with Gasteiger partial charge >= 0.3 is 0 Å². The molecule has 0 spiro atoms. The minimum absolute atomic E-state index is 0.221. The lowest BCUT2D eigenvalue weighted by Gasteiger charge is -2.16. The minimum atomic E-state index is -0.759. The van der Waals surface area contributed by atoms with E-state index in [1.807, 2.05) is 42.5 Å². The number of benzene rings is 3. The number of hydrogen-bond donors (Lipinski definition) is 4. The monoisotopic (exact) mass is 417 g/mol. The van der Waals surface area contributed by atoms with Gasteiger partial charge in [-0.05, 0) is 72.7 Å². The first-order valence-corrected chi connectivity index (χ1v) is 10.2. The fourth-order valence-corrected chi connectivity index (χ4v) is 3.39. The number of phenolic OH excluding ortho intramolecular Hbond substituents is 1. The van der Waals surface area contributed by atoms with Gasteiger partial charge in [-0.15, -0.1) is 0 Å². The van der Waals surface area contributed by atoms with Gasteiger partial charge in [0, 0.05) is 11.3 Å². The molecule has 0 saturated carbocycles. The number of nitrogens with one attached hydrogen (secondary N) is 1. The first-order chi connectivity index (χ1) is 14.9. The number of nitrogen functional groups attached to an aromatic ring is 1. The van der Waals surface area contributed by atoms with Crippen LogP contribution in [0, 0.1) is 0 Å². The van der Waals surface area contributed by atoms with Gasteiger partial charge in [-0.3, -0.25) is 9.59 Å². The van der Waals surface area contributed by atoms with Gasteiger partial charge < -0.3 is 21.9 Å². The van der Waals surface area contributed by atoms with E-state index in [0.717, 1.165) is 23.1 Å². The van der Waals surface area contributed by atoms with Gasteiger partial charge in [-0.25, -0.2) is 0 Å². The SMILES string of the molecule is NC(=O)C(CCc1ccccc1)NC(=O)c1ccc(N)c(CCc2ccc(O)cc2)c1. The van der Waals surface area contributed by atoms with Crippen LogP contribution in [0.5, 0.6) is 5.75 Å². The van der Waals surface area contributed by atoms with Crippen LogP contribution in [0.4, 0.5) is 5.69 Å². The first kappa shape index (κ1) is 21.9. The second-order valence-corrected chi connectivity index (χ2v) is 7.53. The minimum Gasteiger partial charge on any atom is -0.508 e. The van der Waals surface area contributed by atoms with Crippen molar-refractivity contribution in [1.82, 2.24) is 5.32 Å². The lowest BCUT2D eigenvalue weighted by molar-refractivity contribution is -0.120. The number of carbonyl (C=O) groups is 2. The molecule has 1 atom stereocenters. The number of carbonyl (C=O) groups excluding carboxylic acids is 2. The van der Waals surface area contributed by atoms with Crippen molar-refractivity contribution in [2.75, 3.05) is 5.73 Å². The zero-order valence-corrected chi connectivity index (χ0v) is 17.3. The number of aromatic hydroxyl groups is 1. The standard InChI is InChI=1S/C25H27N3O3/c26-22-14-11-20(16-19(22)10-6-18-7-12-21(29)13-8-18)25(31)28-23(24(27)30)15-9-17-4-2-1-3-5-17/h1-5,7-8,11-14,16,23,29H,6,9-10,15,26H2,(H2,27,30)(H,28,31). The highest BCUT2D eigenvalue weighted by molar-refractivity contribution is 5.97. The van der Waals surface area contributed by atoms with Crippen LogP contribution in [-0.2, 0) is 24.1 Å². The maximum atomic E-state index is 12.8. The van der Waals surface area contributed by atoms with Crippen molar-refractivity contribution in [3.05, 3.63) is 95.1 Å². The van der Waals surface area contributed by atoms with E-state index in [2.05, 4.69) is 5.32 Å². The van der Waals surface area contributed by atoms with E-state index in [1.165, 1.54) is 0 Å². The fraction of sp³-hybridized carbons (Fsp3) is 0.200. The quantitative estimate of drug-likeness (QED) is 0.400. The average molecular weight is 418 g/mol. The molecule has 160 valence electrons. The van der Waals surface area contributed by atoms with Crippen LogP contribution in [0.25, 0.3) is 0 Å². The van der Waals surface area contributed by atoms with Gasteiger partial charge in [0.1, 0.15) is 11.8 Å². The Hall–Kier alpha value is -3.80. The number of hydrogen-bond acceptors (Lipinski definition) is 4. The summed E-state index contributed by atoms with van der Waals surface area (Å²) in [6.07, 6.45) is 2.42. The molecule has 0 bridgehead atoms. The van der Waals surface area contributed by atoms with E-state index in [4.69, 9.17) is 11.5 Å². The number of rotatable bonds is 9. The van der Waals surface area contributed by atoms with Crippen molar-refractivity contribution in [2.24, 2.45) is 5.73 Å². The highest BCUT2D eigenvalue weighted by Gasteiger charge is 2.19. The average Bonchev–Trinajstić information content (AvgIpc) is 2.77. The lowest BCUT2D eigenvalue weighted by Crippen LogP contribution is -2.44. The van der Waals surface area contributed by atoms with Crippen molar-refractivity contribution in [2.45, 2.75) is 31.7 Å². The molecular formula is C25H27N3O3. The summed E-state index contributed by atoms with van der Waals surface area (Å²) in [7, 11) is 0. The van der Waals surface area contributed by atoms with Crippen LogP contribution >= 0.6 is 0 Å². The number of nitrogens with two attached hydrogens (primary N) is 2. The molecule has 0 heterocycles. The molecule has 3 rings (SSSR count). The number of primary amides is 1. The van der Waals surface area contributed by atoms with Crippen molar-refractivity contribution in [1.29, 1.82) is 0 Å². The Morgan fingerprint density at radius 3 is 2.23 bits per heavy atom. The molecule has 6 nitrogen and oxygen atoms in total. The van der Waals surface area contributed by atoms with Crippen LogP contribution in [0.1, 0.15) is 33.5 Å². The molecule has 6 N–H and O–H groups in total. The summed E-state index contributed by atoms with van der Waals surface area (Å²) in [6, 6.07) is 21.1. The van der Waals surface area contributed by atoms with Crippen molar-refractivity contribution < 1.29 is 14.7 Å². The first-order valence-electron chi connectivity index (χ1n) is 10.2. The Balaban J connectivity index is 1.64. The number of aryl methyl sites for hydroxylation is 3. The third kappa shape index (κ3) is 6.34. The van der Waals surface area contributed by atoms with Crippen molar-refractivity contribution >= 4 is 17.5 Å². The highest BCUT2D eigenvalue weighted by Crippen LogP contribution is 2.18.